The SMILES string of the molecule is Cc1noc(C)c1S(=O)(=O)N1CCCN(C(=O)c2cc3ccccc3n2C)CC1. The van der Waals surface area contributed by atoms with Gasteiger partial charge in [-0.2, -0.15) is 4.31 Å². The lowest BCUT2D eigenvalue weighted by Crippen LogP contribution is -2.38. The molecule has 1 aromatic carbocycles. The monoisotopic (exact) mass is 416 g/mol. The van der Waals surface area contributed by atoms with E-state index >= 15 is 0 Å². The summed E-state index contributed by atoms with van der Waals surface area (Å²) in [5, 5.41) is 4.78. The Morgan fingerprint density at radius 3 is 2.55 bits per heavy atom. The molecule has 0 N–H and O–H groups in total. The van der Waals surface area contributed by atoms with Gasteiger partial charge in [-0.1, -0.05) is 23.4 Å². The summed E-state index contributed by atoms with van der Waals surface area (Å²) in [5.41, 5.74) is 1.96. The number of nitrogens with zero attached hydrogens (tertiary/aromatic N) is 4. The van der Waals surface area contributed by atoms with Crippen LogP contribution in [0.4, 0.5) is 0 Å². The molecule has 3 heterocycles. The van der Waals surface area contributed by atoms with Gasteiger partial charge in [-0.15, -0.1) is 0 Å². The Hall–Kier alpha value is -2.65. The van der Waals surface area contributed by atoms with Crippen molar-refractivity contribution in [2.24, 2.45) is 7.05 Å². The van der Waals surface area contributed by atoms with Gasteiger partial charge in [0.05, 0.1) is 0 Å². The third kappa shape index (κ3) is 3.34. The Kier molecular flexibility index (Phi) is 4.95. The van der Waals surface area contributed by atoms with Crippen LogP contribution in [0.15, 0.2) is 39.8 Å². The molecule has 9 heteroatoms. The Balaban J connectivity index is 1.56. The van der Waals surface area contributed by atoms with Crippen LogP contribution < -0.4 is 0 Å². The van der Waals surface area contributed by atoms with E-state index in [1.54, 1.807) is 18.7 Å². The molecular formula is C20H24N4O4S. The fourth-order valence-corrected chi connectivity index (χ4v) is 5.73. The molecule has 3 aromatic rings. The molecule has 1 amide bonds. The highest BCUT2D eigenvalue weighted by molar-refractivity contribution is 7.89. The summed E-state index contributed by atoms with van der Waals surface area (Å²) in [7, 11) is -1.84. The van der Waals surface area contributed by atoms with Gasteiger partial charge in [0, 0.05) is 44.1 Å². The molecule has 1 saturated heterocycles. The number of amides is 1. The molecule has 29 heavy (non-hydrogen) atoms. The lowest BCUT2D eigenvalue weighted by atomic mass is 10.2. The molecule has 1 aliphatic heterocycles. The highest BCUT2D eigenvalue weighted by Crippen LogP contribution is 2.25. The third-order valence-electron chi connectivity index (χ3n) is 5.48. The van der Waals surface area contributed by atoms with Gasteiger partial charge in [0.1, 0.15) is 16.3 Å². The molecule has 0 unspecified atom stereocenters. The van der Waals surface area contributed by atoms with Gasteiger partial charge in [-0.3, -0.25) is 4.79 Å². The maximum Gasteiger partial charge on any atom is 0.270 e. The lowest BCUT2D eigenvalue weighted by Gasteiger charge is -2.22. The van der Waals surface area contributed by atoms with Crippen molar-refractivity contribution < 1.29 is 17.7 Å². The van der Waals surface area contributed by atoms with Gasteiger partial charge in [0.15, 0.2) is 5.76 Å². The molecule has 0 saturated carbocycles. The van der Waals surface area contributed by atoms with Gasteiger partial charge in [0.25, 0.3) is 5.91 Å². The van der Waals surface area contributed by atoms with Gasteiger partial charge >= 0.3 is 0 Å². The van der Waals surface area contributed by atoms with Crippen LogP contribution in [-0.4, -0.2) is 59.4 Å². The molecular weight excluding hydrogens is 392 g/mol. The standard InChI is InChI=1S/C20H24N4O4S/c1-14-19(15(2)28-21-14)29(26,27)24-10-6-9-23(11-12-24)20(25)18-13-16-7-4-5-8-17(16)22(18)3/h4-5,7-8,13H,6,9-12H2,1-3H3. The highest BCUT2D eigenvalue weighted by atomic mass is 32.2. The number of carbonyl (C=O) groups excluding carboxylic acids is 1. The Morgan fingerprint density at radius 2 is 1.86 bits per heavy atom. The number of rotatable bonds is 3. The quantitative estimate of drug-likeness (QED) is 0.654. The number of hydrogen-bond donors (Lipinski definition) is 0. The van der Waals surface area contributed by atoms with Crippen LogP contribution in [0.5, 0.6) is 0 Å². The smallest absolute Gasteiger partial charge is 0.270 e. The molecule has 1 aliphatic rings. The molecule has 154 valence electrons. The van der Waals surface area contributed by atoms with Crippen molar-refractivity contribution >= 4 is 26.8 Å². The molecule has 0 bridgehead atoms. The second kappa shape index (κ2) is 7.31. The van der Waals surface area contributed by atoms with Crippen molar-refractivity contribution in [3.8, 4) is 0 Å². The van der Waals surface area contributed by atoms with E-state index < -0.39 is 10.0 Å². The number of sulfonamides is 1. The largest absolute Gasteiger partial charge is 0.360 e. The van der Waals surface area contributed by atoms with Crippen LogP contribution in [0, 0.1) is 13.8 Å². The second-order valence-corrected chi connectivity index (χ2v) is 9.23. The van der Waals surface area contributed by atoms with E-state index in [2.05, 4.69) is 5.16 Å². The number of benzene rings is 1. The Bertz CT molecular complexity index is 1160. The summed E-state index contributed by atoms with van der Waals surface area (Å²) in [4.78, 5) is 15.0. The van der Waals surface area contributed by atoms with Crippen LogP contribution in [0.2, 0.25) is 0 Å². The van der Waals surface area contributed by atoms with E-state index in [-0.39, 0.29) is 23.1 Å². The van der Waals surface area contributed by atoms with Gasteiger partial charge in [-0.25, -0.2) is 8.42 Å². The number of hydrogen-bond acceptors (Lipinski definition) is 5. The number of aryl methyl sites for hydroxylation is 3. The summed E-state index contributed by atoms with van der Waals surface area (Å²) >= 11 is 0. The predicted octanol–water partition coefficient (Wildman–Crippen LogP) is 2.32. The fraction of sp³-hybridized carbons (Fsp3) is 0.400. The zero-order valence-electron chi connectivity index (χ0n) is 16.8. The first-order valence-electron chi connectivity index (χ1n) is 9.57. The first kappa shape index (κ1) is 19.7. The lowest BCUT2D eigenvalue weighted by molar-refractivity contribution is 0.0755. The van der Waals surface area contributed by atoms with E-state index in [0.717, 1.165) is 10.9 Å². The van der Waals surface area contributed by atoms with Gasteiger partial charge in [-0.05, 0) is 32.4 Å². The van der Waals surface area contributed by atoms with Crippen LogP contribution in [0.3, 0.4) is 0 Å². The molecule has 0 atom stereocenters. The van der Waals surface area contributed by atoms with Gasteiger partial charge in [0.2, 0.25) is 10.0 Å². The second-order valence-electron chi connectivity index (χ2n) is 7.35. The molecule has 2 aromatic heterocycles. The van der Waals surface area contributed by atoms with E-state index in [1.165, 1.54) is 4.31 Å². The molecule has 1 fully saturated rings. The normalized spacial score (nSPS) is 16.3. The van der Waals surface area contributed by atoms with Crippen molar-refractivity contribution in [1.29, 1.82) is 0 Å². The number of carbonyl (C=O) groups is 1. The predicted molar refractivity (Wildman–Crippen MR) is 108 cm³/mol. The zero-order chi connectivity index (χ0) is 20.8. The van der Waals surface area contributed by atoms with Crippen molar-refractivity contribution in [3.63, 3.8) is 0 Å². The first-order valence-corrected chi connectivity index (χ1v) is 11.0. The average molecular weight is 417 g/mol. The van der Waals surface area contributed by atoms with Crippen molar-refractivity contribution in [3.05, 3.63) is 47.5 Å². The number of aromatic nitrogens is 2. The minimum Gasteiger partial charge on any atom is -0.360 e. The topological polar surface area (TPSA) is 88.7 Å². The molecule has 0 spiro atoms. The van der Waals surface area contributed by atoms with Crippen LogP contribution >= 0.6 is 0 Å². The minimum absolute atomic E-state index is 0.0831. The van der Waals surface area contributed by atoms with Crippen molar-refractivity contribution in [1.82, 2.24) is 18.9 Å². The maximum absolute atomic E-state index is 13.1. The van der Waals surface area contributed by atoms with Crippen molar-refractivity contribution in [2.75, 3.05) is 26.2 Å². The van der Waals surface area contributed by atoms with Crippen LogP contribution in [0.25, 0.3) is 10.9 Å². The maximum atomic E-state index is 13.1. The summed E-state index contributed by atoms with van der Waals surface area (Å²) in [6.45, 7) is 4.65. The summed E-state index contributed by atoms with van der Waals surface area (Å²) in [6.07, 6.45) is 0.568. The summed E-state index contributed by atoms with van der Waals surface area (Å²) in [5.74, 6) is 0.204. The molecule has 4 rings (SSSR count). The zero-order valence-corrected chi connectivity index (χ0v) is 17.6. The fourth-order valence-electron chi connectivity index (χ4n) is 3.97. The third-order valence-corrected chi connectivity index (χ3v) is 7.62. The molecule has 8 nitrogen and oxygen atoms in total. The van der Waals surface area contributed by atoms with Gasteiger partial charge < -0.3 is 14.0 Å². The Morgan fingerprint density at radius 1 is 1.10 bits per heavy atom. The van der Waals surface area contributed by atoms with Crippen molar-refractivity contribution in [2.45, 2.75) is 25.2 Å². The van der Waals surface area contributed by atoms with E-state index in [9.17, 15) is 13.2 Å². The van der Waals surface area contributed by atoms with Crippen LogP contribution in [-0.2, 0) is 17.1 Å². The van der Waals surface area contributed by atoms with Crippen LogP contribution in [0.1, 0.15) is 28.4 Å². The minimum atomic E-state index is -3.71. The first-order chi connectivity index (χ1) is 13.8. The van der Waals surface area contributed by atoms with E-state index in [4.69, 9.17) is 4.52 Å². The highest BCUT2D eigenvalue weighted by Gasteiger charge is 2.33. The number of fused-ring (bicyclic) bond motifs is 1. The summed E-state index contributed by atoms with van der Waals surface area (Å²) in [6, 6.07) is 9.74. The number of para-hydroxylation sites is 1. The van der Waals surface area contributed by atoms with E-state index in [1.807, 2.05) is 41.9 Å². The summed E-state index contributed by atoms with van der Waals surface area (Å²) < 4.78 is 34.5. The Labute approximate surface area is 169 Å². The molecule has 0 aliphatic carbocycles. The molecule has 0 radical (unpaired) electrons. The van der Waals surface area contributed by atoms with E-state index in [0.29, 0.717) is 37.4 Å². The average Bonchev–Trinajstić information content (AvgIpc) is 3.09.